The van der Waals surface area contributed by atoms with Crippen LogP contribution in [-0.2, 0) is 0 Å². The minimum absolute atomic E-state index is 0.287. The molecule has 0 spiro atoms. The van der Waals surface area contributed by atoms with E-state index in [0.29, 0.717) is 22.6 Å². The summed E-state index contributed by atoms with van der Waals surface area (Å²) < 4.78 is 27.1. The fourth-order valence-electron chi connectivity index (χ4n) is 2.45. The number of benzene rings is 2. The topological polar surface area (TPSA) is 70.2 Å². The molecule has 0 aliphatic carbocycles. The van der Waals surface area contributed by atoms with Gasteiger partial charge in [-0.3, -0.25) is 5.10 Å². The first-order valence-corrected chi connectivity index (χ1v) is 7.18. The molecule has 118 valence electrons. The summed E-state index contributed by atoms with van der Waals surface area (Å²) in [6.45, 7) is 0. The van der Waals surface area contributed by atoms with E-state index < -0.39 is 5.82 Å². The van der Waals surface area contributed by atoms with Crippen LogP contribution >= 0.6 is 0 Å². The highest BCUT2D eigenvalue weighted by molar-refractivity contribution is 5.92. The summed E-state index contributed by atoms with van der Waals surface area (Å²) in [7, 11) is 0. The van der Waals surface area contributed by atoms with Gasteiger partial charge in [0, 0.05) is 11.5 Å². The van der Waals surface area contributed by atoms with Gasteiger partial charge in [-0.15, -0.1) is 10.2 Å². The average molecular weight is 323 g/mol. The molecular weight excluding hydrogens is 312 g/mol. The highest BCUT2D eigenvalue weighted by Gasteiger charge is 2.13. The van der Waals surface area contributed by atoms with E-state index in [4.69, 9.17) is 0 Å². The molecule has 0 amide bonds. The van der Waals surface area contributed by atoms with Gasteiger partial charge in [-0.1, -0.05) is 18.2 Å². The summed E-state index contributed by atoms with van der Waals surface area (Å²) in [6.07, 6.45) is 4.99. The molecule has 2 aromatic carbocycles. The number of hydrogen-bond acceptors (Lipinski definition) is 3. The summed E-state index contributed by atoms with van der Waals surface area (Å²) in [5.41, 5.74) is 2.38. The summed E-state index contributed by atoms with van der Waals surface area (Å²) in [6, 6.07) is 9.15. The van der Waals surface area contributed by atoms with Gasteiger partial charge in [-0.05, 0) is 29.8 Å². The van der Waals surface area contributed by atoms with E-state index in [0.717, 1.165) is 10.9 Å². The molecule has 0 aliphatic rings. The first-order valence-electron chi connectivity index (χ1n) is 7.18. The Labute approximate surface area is 135 Å². The standard InChI is InChI=1S/C17H11F2N5/c18-11-4-1-10(2-5-11)3-6-15-13-7-12(17-20-9-21-24-17)14(19)8-16(13)23-22-15/h1-9H,(H,22,23)(H,20,21,24)/b6-3+. The van der Waals surface area contributed by atoms with Gasteiger partial charge in [0.15, 0.2) is 5.82 Å². The average Bonchev–Trinajstić information content (AvgIpc) is 3.23. The number of rotatable bonds is 3. The Morgan fingerprint density at radius 1 is 1.00 bits per heavy atom. The zero-order chi connectivity index (χ0) is 16.5. The lowest BCUT2D eigenvalue weighted by molar-refractivity contribution is 0.627. The number of nitrogens with zero attached hydrogens (tertiary/aromatic N) is 3. The number of H-pyrrole nitrogens is 2. The molecule has 5 nitrogen and oxygen atoms in total. The Kier molecular flexibility index (Phi) is 3.38. The minimum Gasteiger partial charge on any atom is -0.327 e. The quantitative estimate of drug-likeness (QED) is 0.602. The minimum atomic E-state index is -0.419. The first kappa shape index (κ1) is 14.3. The second-order valence-corrected chi connectivity index (χ2v) is 5.21. The summed E-state index contributed by atoms with van der Waals surface area (Å²) >= 11 is 0. The Bertz CT molecular complexity index is 1020. The van der Waals surface area contributed by atoms with Crippen LogP contribution in [0.15, 0.2) is 42.7 Å². The van der Waals surface area contributed by atoms with Gasteiger partial charge in [0.25, 0.3) is 0 Å². The zero-order valence-electron chi connectivity index (χ0n) is 12.3. The SMILES string of the molecule is Fc1ccc(/C=C/c2n[nH]c3cc(F)c(-c4nnc[nH]4)cc23)cc1. The Balaban J connectivity index is 1.76. The molecule has 0 saturated carbocycles. The fourth-order valence-corrected chi connectivity index (χ4v) is 2.45. The van der Waals surface area contributed by atoms with Crippen LogP contribution in [0.5, 0.6) is 0 Å². The maximum atomic E-state index is 14.2. The highest BCUT2D eigenvalue weighted by Crippen LogP contribution is 2.27. The number of fused-ring (bicyclic) bond motifs is 1. The van der Waals surface area contributed by atoms with Crippen molar-refractivity contribution in [1.29, 1.82) is 0 Å². The van der Waals surface area contributed by atoms with Gasteiger partial charge in [0.05, 0.1) is 16.8 Å². The van der Waals surface area contributed by atoms with Crippen LogP contribution in [-0.4, -0.2) is 25.4 Å². The molecule has 0 fully saturated rings. The molecule has 0 bridgehead atoms. The smallest absolute Gasteiger partial charge is 0.164 e. The second kappa shape index (κ2) is 5.69. The Morgan fingerprint density at radius 3 is 2.58 bits per heavy atom. The largest absolute Gasteiger partial charge is 0.327 e. The van der Waals surface area contributed by atoms with E-state index in [9.17, 15) is 8.78 Å². The molecule has 7 heteroatoms. The molecule has 4 aromatic rings. The maximum absolute atomic E-state index is 14.2. The maximum Gasteiger partial charge on any atom is 0.164 e. The van der Waals surface area contributed by atoms with Gasteiger partial charge < -0.3 is 4.98 Å². The van der Waals surface area contributed by atoms with Crippen molar-refractivity contribution in [2.45, 2.75) is 0 Å². The number of hydrogen-bond donors (Lipinski definition) is 2. The number of aromatic nitrogens is 5. The number of halogens is 2. The number of nitrogens with one attached hydrogen (secondary N) is 2. The van der Waals surface area contributed by atoms with Crippen LogP contribution in [0, 0.1) is 11.6 Å². The van der Waals surface area contributed by atoms with Gasteiger partial charge in [0.2, 0.25) is 0 Å². The van der Waals surface area contributed by atoms with Gasteiger partial charge in [-0.2, -0.15) is 5.10 Å². The fraction of sp³-hybridized carbons (Fsp3) is 0. The molecule has 24 heavy (non-hydrogen) atoms. The molecular formula is C17H11F2N5. The molecule has 0 saturated heterocycles. The van der Waals surface area contributed by atoms with Gasteiger partial charge in [-0.25, -0.2) is 8.78 Å². The van der Waals surface area contributed by atoms with Crippen molar-refractivity contribution in [2.75, 3.05) is 0 Å². The van der Waals surface area contributed by atoms with Crippen LogP contribution in [0.2, 0.25) is 0 Å². The predicted octanol–water partition coefficient (Wildman–Crippen LogP) is 3.80. The van der Waals surface area contributed by atoms with Crippen molar-refractivity contribution >= 4 is 23.1 Å². The van der Waals surface area contributed by atoms with Crippen molar-refractivity contribution < 1.29 is 8.78 Å². The molecule has 0 atom stereocenters. The monoisotopic (exact) mass is 323 g/mol. The normalized spacial score (nSPS) is 11.6. The summed E-state index contributed by atoms with van der Waals surface area (Å²) in [5.74, 6) is -0.356. The molecule has 4 rings (SSSR count). The molecule has 2 aromatic heterocycles. The molecule has 0 radical (unpaired) electrons. The van der Waals surface area contributed by atoms with Crippen LogP contribution in [0.3, 0.4) is 0 Å². The van der Waals surface area contributed by atoms with Gasteiger partial charge >= 0.3 is 0 Å². The third kappa shape index (κ3) is 2.56. The first-order chi connectivity index (χ1) is 11.7. The third-order valence-electron chi connectivity index (χ3n) is 3.66. The van der Waals surface area contributed by atoms with Crippen molar-refractivity contribution in [3.8, 4) is 11.4 Å². The van der Waals surface area contributed by atoms with Crippen molar-refractivity contribution in [2.24, 2.45) is 0 Å². The van der Waals surface area contributed by atoms with Crippen LogP contribution in [0.25, 0.3) is 34.4 Å². The van der Waals surface area contributed by atoms with E-state index in [1.807, 2.05) is 6.08 Å². The van der Waals surface area contributed by atoms with Crippen molar-refractivity contribution in [1.82, 2.24) is 25.4 Å². The van der Waals surface area contributed by atoms with Crippen LogP contribution < -0.4 is 0 Å². The van der Waals surface area contributed by atoms with Crippen molar-refractivity contribution in [3.05, 3.63) is 65.6 Å². The van der Waals surface area contributed by atoms with Crippen LogP contribution in [0.4, 0.5) is 8.78 Å². The lowest BCUT2D eigenvalue weighted by Crippen LogP contribution is -1.87. The predicted molar refractivity (Wildman–Crippen MR) is 86.8 cm³/mol. The third-order valence-corrected chi connectivity index (χ3v) is 3.66. The summed E-state index contributed by atoms with van der Waals surface area (Å²) in [4.78, 5) is 2.79. The molecule has 2 N–H and O–H groups in total. The van der Waals surface area contributed by atoms with E-state index in [-0.39, 0.29) is 5.82 Å². The van der Waals surface area contributed by atoms with E-state index >= 15 is 0 Å². The molecule has 0 unspecified atom stereocenters. The van der Waals surface area contributed by atoms with Crippen molar-refractivity contribution in [3.63, 3.8) is 0 Å². The lowest BCUT2D eigenvalue weighted by atomic mass is 10.1. The Morgan fingerprint density at radius 2 is 1.83 bits per heavy atom. The highest BCUT2D eigenvalue weighted by atomic mass is 19.1. The Hall–Kier alpha value is -3.35. The number of aromatic amines is 2. The molecule has 2 heterocycles. The van der Waals surface area contributed by atoms with Gasteiger partial charge in [0.1, 0.15) is 18.0 Å². The zero-order valence-corrected chi connectivity index (χ0v) is 12.3. The van der Waals surface area contributed by atoms with E-state index in [1.165, 1.54) is 24.5 Å². The lowest BCUT2D eigenvalue weighted by Gasteiger charge is -2.00. The molecule has 0 aliphatic heterocycles. The van der Waals surface area contributed by atoms with Crippen LogP contribution in [0.1, 0.15) is 11.3 Å². The van der Waals surface area contributed by atoms with E-state index in [2.05, 4.69) is 25.4 Å². The second-order valence-electron chi connectivity index (χ2n) is 5.21. The summed E-state index contributed by atoms with van der Waals surface area (Å²) in [5, 5.41) is 15.3. The van der Waals surface area contributed by atoms with E-state index in [1.54, 1.807) is 24.3 Å².